The van der Waals surface area contributed by atoms with Crippen molar-refractivity contribution >= 4 is 27.5 Å². The number of aliphatic hydroxyl groups is 1. The van der Waals surface area contributed by atoms with Crippen LogP contribution in [0.1, 0.15) is 59.9 Å². The molecule has 1 aliphatic heterocycles. The number of hydrogen-bond acceptors (Lipinski definition) is 5. The zero-order chi connectivity index (χ0) is 18.1. The molecular formula is C19H27N3O3S. The van der Waals surface area contributed by atoms with Gasteiger partial charge in [0.2, 0.25) is 0 Å². The van der Waals surface area contributed by atoms with Gasteiger partial charge in [-0.15, -0.1) is 11.3 Å². The van der Waals surface area contributed by atoms with Crippen LogP contribution >= 0.6 is 11.3 Å². The standard InChI is InChI=1S/C19H27N3O3S/c1-12-16-10-17(18(24)20-14-4-2-13(11-23)3-5-14)26-19(16)22(21-12)15-6-8-25-9-7-15/h10,13-15,23H,2-9,11H2,1H3,(H,20,24). The summed E-state index contributed by atoms with van der Waals surface area (Å²) in [6, 6.07) is 2.58. The average Bonchev–Trinajstić information content (AvgIpc) is 3.24. The van der Waals surface area contributed by atoms with Gasteiger partial charge in [0.25, 0.3) is 5.91 Å². The molecule has 142 valence electrons. The Morgan fingerprint density at radius 3 is 2.73 bits per heavy atom. The quantitative estimate of drug-likeness (QED) is 0.859. The summed E-state index contributed by atoms with van der Waals surface area (Å²) in [6.45, 7) is 3.84. The number of fused-ring (bicyclic) bond motifs is 1. The van der Waals surface area contributed by atoms with Gasteiger partial charge in [0.15, 0.2) is 0 Å². The van der Waals surface area contributed by atoms with Gasteiger partial charge in [-0.2, -0.15) is 5.10 Å². The molecule has 4 rings (SSSR count). The number of amides is 1. The van der Waals surface area contributed by atoms with Crippen LogP contribution in [0.2, 0.25) is 0 Å². The molecular weight excluding hydrogens is 350 g/mol. The van der Waals surface area contributed by atoms with Gasteiger partial charge in [0.1, 0.15) is 4.83 Å². The zero-order valence-corrected chi connectivity index (χ0v) is 16.1. The van der Waals surface area contributed by atoms with Crippen molar-refractivity contribution in [2.45, 2.75) is 57.5 Å². The Kier molecular flexibility index (Phi) is 5.29. The van der Waals surface area contributed by atoms with Gasteiger partial charge < -0.3 is 15.2 Å². The van der Waals surface area contributed by atoms with Crippen molar-refractivity contribution < 1.29 is 14.6 Å². The van der Waals surface area contributed by atoms with E-state index in [1.807, 2.05) is 13.0 Å². The van der Waals surface area contributed by atoms with E-state index in [2.05, 4.69) is 10.00 Å². The summed E-state index contributed by atoms with van der Waals surface area (Å²) in [4.78, 5) is 14.6. The Balaban J connectivity index is 1.49. The maximum Gasteiger partial charge on any atom is 0.261 e. The average molecular weight is 378 g/mol. The number of thiophene rings is 1. The van der Waals surface area contributed by atoms with Gasteiger partial charge in [-0.1, -0.05) is 0 Å². The van der Waals surface area contributed by atoms with Crippen LogP contribution in [-0.4, -0.2) is 46.7 Å². The number of ether oxygens (including phenoxy) is 1. The molecule has 0 bridgehead atoms. The number of rotatable bonds is 4. The van der Waals surface area contributed by atoms with E-state index in [0.717, 1.165) is 72.5 Å². The molecule has 0 spiro atoms. The Bertz CT molecular complexity index is 770. The highest BCUT2D eigenvalue weighted by molar-refractivity contribution is 7.20. The number of aliphatic hydroxyl groups excluding tert-OH is 1. The maximum absolute atomic E-state index is 12.7. The van der Waals surface area contributed by atoms with Crippen molar-refractivity contribution in [1.82, 2.24) is 15.1 Å². The molecule has 0 atom stereocenters. The fraction of sp³-hybridized carbons (Fsp3) is 0.684. The van der Waals surface area contributed by atoms with Gasteiger partial charge in [-0.3, -0.25) is 9.48 Å². The molecule has 1 saturated heterocycles. The third-order valence-corrected chi connectivity index (χ3v) is 6.89. The molecule has 2 aromatic heterocycles. The first-order valence-corrected chi connectivity index (χ1v) is 10.5. The lowest BCUT2D eigenvalue weighted by Crippen LogP contribution is -2.37. The largest absolute Gasteiger partial charge is 0.396 e. The van der Waals surface area contributed by atoms with Crippen molar-refractivity contribution in [1.29, 1.82) is 0 Å². The second kappa shape index (κ2) is 7.66. The van der Waals surface area contributed by atoms with Crippen molar-refractivity contribution in [3.8, 4) is 0 Å². The molecule has 2 aromatic rings. The first kappa shape index (κ1) is 17.9. The van der Waals surface area contributed by atoms with E-state index >= 15 is 0 Å². The highest BCUT2D eigenvalue weighted by Gasteiger charge is 2.25. The second-order valence-electron chi connectivity index (χ2n) is 7.58. The van der Waals surface area contributed by atoms with E-state index < -0.39 is 0 Å². The summed E-state index contributed by atoms with van der Waals surface area (Å²) >= 11 is 1.55. The van der Waals surface area contributed by atoms with Gasteiger partial charge >= 0.3 is 0 Å². The van der Waals surface area contributed by atoms with Crippen LogP contribution in [-0.2, 0) is 4.74 Å². The monoisotopic (exact) mass is 377 g/mol. The molecule has 0 radical (unpaired) electrons. The van der Waals surface area contributed by atoms with Crippen molar-refractivity contribution in [3.05, 3.63) is 16.6 Å². The molecule has 2 fully saturated rings. The van der Waals surface area contributed by atoms with Crippen molar-refractivity contribution in [2.75, 3.05) is 19.8 Å². The molecule has 2 aliphatic rings. The molecule has 26 heavy (non-hydrogen) atoms. The molecule has 7 heteroatoms. The van der Waals surface area contributed by atoms with Crippen LogP contribution in [0.25, 0.3) is 10.2 Å². The van der Waals surface area contributed by atoms with Crippen LogP contribution < -0.4 is 5.32 Å². The number of aryl methyl sites for hydroxylation is 1. The lowest BCUT2D eigenvalue weighted by molar-refractivity contribution is 0.0675. The summed E-state index contributed by atoms with van der Waals surface area (Å²) in [5.74, 6) is 0.428. The lowest BCUT2D eigenvalue weighted by atomic mass is 9.86. The molecule has 0 unspecified atom stereocenters. The Morgan fingerprint density at radius 2 is 2.04 bits per heavy atom. The zero-order valence-electron chi connectivity index (χ0n) is 15.2. The molecule has 1 aliphatic carbocycles. The first-order chi connectivity index (χ1) is 12.7. The third kappa shape index (κ3) is 3.52. The molecule has 6 nitrogen and oxygen atoms in total. The Labute approximate surface area is 157 Å². The van der Waals surface area contributed by atoms with E-state index in [0.29, 0.717) is 12.0 Å². The Morgan fingerprint density at radius 1 is 1.31 bits per heavy atom. The van der Waals surface area contributed by atoms with Crippen LogP contribution in [0, 0.1) is 12.8 Å². The van der Waals surface area contributed by atoms with Gasteiger partial charge in [0, 0.05) is 31.2 Å². The van der Waals surface area contributed by atoms with Crippen LogP contribution in [0.5, 0.6) is 0 Å². The third-order valence-electron chi connectivity index (χ3n) is 5.77. The lowest BCUT2D eigenvalue weighted by Gasteiger charge is -2.27. The van der Waals surface area contributed by atoms with Gasteiger partial charge in [-0.25, -0.2) is 0 Å². The minimum absolute atomic E-state index is 0.0246. The summed E-state index contributed by atoms with van der Waals surface area (Å²) in [5, 5.41) is 18.3. The minimum atomic E-state index is 0.0246. The van der Waals surface area contributed by atoms with Crippen molar-refractivity contribution in [3.63, 3.8) is 0 Å². The van der Waals surface area contributed by atoms with Crippen molar-refractivity contribution in [2.24, 2.45) is 5.92 Å². The number of nitrogens with zero attached hydrogens (tertiary/aromatic N) is 2. The highest BCUT2D eigenvalue weighted by atomic mass is 32.1. The number of aromatic nitrogens is 2. The van der Waals surface area contributed by atoms with Crippen LogP contribution in [0.4, 0.5) is 0 Å². The summed E-state index contributed by atoms with van der Waals surface area (Å²) in [7, 11) is 0. The number of nitrogens with one attached hydrogen (secondary N) is 1. The second-order valence-corrected chi connectivity index (χ2v) is 8.61. The number of hydrogen-bond donors (Lipinski definition) is 2. The maximum atomic E-state index is 12.7. The molecule has 3 heterocycles. The SMILES string of the molecule is Cc1nn(C2CCOCC2)c2sc(C(=O)NC3CCC(CO)CC3)cc12. The minimum Gasteiger partial charge on any atom is -0.396 e. The van der Waals surface area contributed by atoms with Crippen LogP contribution in [0.15, 0.2) is 6.07 Å². The first-order valence-electron chi connectivity index (χ1n) is 9.64. The topological polar surface area (TPSA) is 76.4 Å². The molecule has 1 amide bonds. The molecule has 0 aromatic carbocycles. The van der Waals surface area contributed by atoms with E-state index in [1.165, 1.54) is 0 Å². The fourth-order valence-electron chi connectivity index (χ4n) is 4.11. The molecule has 1 saturated carbocycles. The number of carbonyl (C=O) groups is 1. The predicted octanol–water partition coefficient (Wildman–Crippen LogP) is 3.04. The van der Waals surface area contributed by atoms with Gasteiger partial charge in [0.05, 0.1) is 16.6 Å². The van der Waals surface area contributed by atoms with Gasteiger partial charge in [-0.05, 0) is 57.4 Å². The van der Waals surface area contributed by atoms with E-state index in [1.54, 1.807) is 11.3 Å². The van der Waals surface area contributed by atoms with E-state index in [-0.39, 0.29) is 18.6 Å². The molecule has 2 N–H and O–H groups in total. The summed E-state index contributed by atoms with van der Waals surface area (Å²) < 4.78 is 7.58. The van der Waals surface area contributed by atoms with E-state index in [9.17, 15) is 9.90 Å². The summed E-state index contributed by atoms with van der Waals surface area (Å²) in [5.41, 5.74) is 0.991. The smallest absolute Gasteiger partial charge is 0.261 e. The fourth-order valence-corrected chi connectivity index (χ4v) is 5.24. The number of carbonyl (C=O) groups excluding carboxylic acids is 1. The Hall–Kier alpha value is -1.44. The van der Waals surface area contributed by atoms with E-state index in [4.69, 9.17) is 9.84 Å². The summed E-state index contributed by atoms with van der Waals surface area (Å²) in [6.07, 6.45) is 5.85. The van der Waals surface area contributed by atoms with Crippen LogP contribution in [0.3, 0.4) is 0 Å². The predicted molar refractivity (Wildman–Crippen MR) is 102 cm³/mol. The highest BCUT2D eigenvalue weighted by Crippen LogP contribution is 2.33. The normalized spacial score (nSPS) is 24.8.